The molecular formula is C18H38O3. The minimum absolute atomic E-state index is 0.211. The molecule has 21 heavy (non-hydrogen) atoms. The summed E-state index contributed by atoms with van der Waals surface area (Å²) in [5.41, 5.74) is 0. The van der Waals surface area contributed by atoms with Gasteiger partial charge in [0.25, 0.3) is 0 Å². The summed E-state index contributed by atoms with van der Waals surface area (Å²) in [4.78, 5) is 0. The van der Waals surface area contributed by atoms with Crippen LogP contribution in [0.4, 0.5) is 0 Å². The largest absolute Gasteiger partial charge is 0.393 e. The average Bonchev–Trinajstić information content (AvgIpc) is 2.45. The quantitative estimate of drug-likeness (QED) is 0.483. The maximum Gasteiger partial charge on any atom is 0.0568 e. The van der Waals surface area contributed by atoms with Gasteiger partial charge in [-0.15, -0.1) is 0 Å². The first-order valence-corrected chi connectivity index (χ1v) is 8.94. The maximum atomic E-state index is 10.1. The van der Waals surface area contributed by atoms with Gasteiger partial charge in [0.2, 0.25) is 0 Å². The summed E-state index contributed by atoms with van der Waals surface area (Å²) in [6.07, 6.45) is 7.36. The molecule has 0 aromatic rings. The SMILES string of the molecule is CCC[C@@H](C)[C@@H](O)C[C@@H](C)CC[C@H](O)CCC[C@H](O)CC. The molecule has 3 heteroatoms. The molecule has 0 aliphatic rings. The third-order valence-corrected chi connectivity index (χ3v) is 4.58. The fraction of sp³-hybridized carbons (Fsp3) is 1.00. The van der Waals surface area contributed by atoms with Crippen molar-refractivity contribution in [2.75, 3.05) is 0 Å². The van der Waals surface area contributed by atoms with Crippen molar-refractivity contribution in [3.05, 3.63) is 0 Å². The van der Waals surface area contributed by atoms with Crippen LogP contribution >= 0.6 is 0 Å². The Morgan fingerprint density at radius 2 is 1.38 bits per heavy atom. The first kappa shape index (κ1) is 20.9. The van der Waals surface area contributed by atoms with Gasteiger partial charge in [0.1, 0.15) is 0 Å². The molecular weight excluding hydrogens is 264 g/mol. The molecule has 0 fully saturated rings. The molecule has 0 amide bonds. The van der Waals surface area contributed by atoms with Crippen molar-refractivity contribution in [3.63, 3.8) is 0 Å². The van der Waals surface area contributed by atoms with Crippen molar-refractivity contribution >= 4 is 0 Å². The van der Waals surface area contributed by atoms with Gasteiger partial charge < -0.3 is 15.3 Å². The average molecular weight is 302 g/mol. The Kier molecular flexibility index (Phi) is 12.4. The second-order valence-corrected chi connectivity index (χ2v) is 6.90. The van der Waals surface area contributed by atoms with Crippen LogP contribution in [0, 0.1) is 11.8 Å². The van der Waals surface area contributed by atoms with E-state index in [4.69, 9.17) is 0 Å². The van der Waals surface area contributed by atoms with E-state index in [1.54, 1.807) is 0 Å². The lowest BCUT2D eigenvalue weighted by Gasteiger charge is -2.22. The minimum atomic E-state index is -0.262. The van der Waals surface area contributed by atoms with Crippen LogP contribution < -0.4 is 0 Å². The summed E-state index contributed by atoms with van der Waals surface area (Å²) >= 11 is 0. The van der Waals surface area contributed by atoms with Crippen molar-refractivity contribution in [2.24, 2.45) is 11.8 Å². The van der Waals surface area contributed by atoms with E-state index >= 15 is 0 Å². The molecule has 0 aliphatic heterocycles. The van der Waals surface area contributed by atoms with Crippen molar-refractivity contribution in [1.82, 2.24) is 0 Å². The summed E-state index contributed by atoms with van der Waals surface area (Å²) < 4.78 is 0. The Hall–Kier alpha value is -0.120. The topological polar surface area (TPSA) is 60.7 Å². The molecule has 0 radical (unpaired) electrons. The summed E-state index contributed by atoms with van der Waals surface area (Å²) in [6, 6.07) is 0. The highest BCUT2D eigenvalue weighted by Gasteiger charge is 2.17. The van der Waals surface area contributed by atoms with Crippen molar-refractivity contribution in [2.45, 2.75) is 104 Å². The Labute approximate surface area is 131 Å². The zero-order valence-corrected chi connectivity index (χ0v) is 14.6. The van der Waals surface area contributed by atoms with Crippen molar-refractivity contribution in [3.8, 4) is 0 Å². The molecule has 0 spiro atoms. The molecule has 0 aromatic carbocycles. The van der Waals surface area contributed by atoms with Crippen LogP contribution in [0.3, 0.4) is 0 Å². The van der Waals surface area contributed by atoms with Gasteiger partial charge >= 0.3 is 0 Å². The number of hydrogen-bond donors (Lipinski definition) is 3. The second kappa shape index (κ2) is 12.4. The molecule has 5 atom stereocenters. The van der Waals surface area contributed by atoms with Gasteiger partial charge in [0, 0.05) is 0 Å². The zero-order chi connectivity index (χ0) is 16.3. The number of hydrogen-bond acceptors (Lipinski definition) is 3. The first-order valence-electron chi connectivity index (χ1n) is 8.94. The van der Waals surface area contributed by atoms with E-state index in [-0.39, 0.29) is 18.3 Å². The molecule has 3 N–H and O–H groups in total. The number of rotatable bonds is 13. The smallest absolute Gasteiger partial charge is 0.0568 e. The Bertz CT molecular complexity index is 233. The summed E-state index contributed by atoms with van der Waals surface area (Å²) in [6.45, 7) is 8.41. The summed E-state index contributed by atoms with van der Waals surface area (Å²) in [7, 11) is 0. The molecule has 0 saturated carbocycles. The van der Waals surface area contributed by atoms with Gasteiger partial charge in [-0.05, 0) is 63.2 Å². The highest BCUT2D eigenvalue weighted by molar-refractivity contribution is 4.69. The van der Waals surface area contributed by atoms with Gasteiger partial charge in [-0.1, -0.05) is 34.1 Å². The van der Waals surface area contributed by atoms with Crippen LogP contribution in [-0.2, 0) is 0 Å². The van der Waals surface area contributed by atoms with E-state index in [0.29, 0.717) is 11.8 Å². The lowest BCUT2D eigenvalue weighted by molar-refractivity contribution is 0.0793. The van der Waals surface area contributed by atoms with Crippen LogP contribution in [0.2, 0.25) is 0 Å². The molecule has 0 rings (SSSR count). The molecule has 0 unspecified atom stereocenters. The molecule has 0 aromatic heterocycles. The van der Waals surface area contributed by atoms with E-state index in [0.717, 1.165) is 57.8 Å². The number of aliphatic hydroxyl groups excluding tert-OH is 3. The maximum absolute atomic E-state index is 10.1. The Morgan fingerprint density at radius 3 is 1.95 bits per heavy atom. The van der Waals surface area contributed by atoms with Gasteiger partial charge in [-0.3, -0.25) is 0 Å². The third-order valence-electron chi connectivity index (χ3n) is 4.58. The van der Waals surface area contributed by atoms with Crippen LogP contribution in [0.15, 0.2) is 0 Å². The zero-order valence-electron chi connectivity index (χ0n) is 14.6. The standard InChI is InChI=1S/C18H38O3/c1-5-8-15(4)18(21)13-14(3)11-12-17(20)10-7-9-16(19)6-2/h14-21H,5-13H2,1-4H3/t14-,15+,16+,17+,18-/m0/s1. The van der Waals surface area contributed by atoms with Gasteiger partial charge in [0.05, 0.1) is 18.3 Å². The van der Waals surface area contributed by atoms with E-state index in [9.17, 15) is 15.3 Å². The van der Waals surface area contributed by atoms with E-state index < -0.39 is 0 Å². The van der Waals surface area contributed by atoms with Crippen molar-refractivity contribution < 1.29 is 15.3 Å². The van der Waals surface area contributed by atoms with Gasteiger partial charge in [-0.2, -0.15) is 0 Å². The van der Waals surface area contributed by atoms with Crippen LogP contribution in [0.1, 0.15) is 85.5 Å². The molecule has 0 saturated heterocycles. The monoisotopic (exact) mass is 302 g/mol. The summed E-state index contributed by atoms with van der Waals surface area (Å²) in [5, 5.41) is 29.6. The van der Waals surface area contributed by atoms with Gasteiger partial charge in [0.15, 0.2) is 0 Å². The fourth-order valence-corrected chi connectivity index (χ4v) is 2.82. The highest BCUT2D eigenvalue weighted by Crippen LogP contribution is 2.22. The molecule has 128 valence electrons. The van der Waals surface area contributed by atoms with Crippen LogP contribution in [-0.4, -0.2) is 33.6 Å². The number of aliphatic hydroxyl groups is 3. The first-order chi connectivity index (χ1) is 9.90. The Balaban J connectivity index is 3.73. The van der Waals surface area contributed by atoms with E-state index in [1.165, 1.54) is 0 Å². The predicted molar refractivity (Wildman–Crippen MR) is 89.2 cm³/mol. The lowest BCUT2D eigenvalue weighted by atomic mass is 9.89. The summed E-state index contributed by atoms with van der Waals surface area (Å²) in [5.74, 6) is 0.827. The second-order valence-electron chi connectivity index (χ2n) is 6.90. The van der Waals surface area contributed by atoms with E-state index in [2.05, 4.69) is 20.8 Å². The van der Waals surface area contributed by atoms with Crippen LogP contribution in [0.5, 0.6) is 0 Å². The normalized spacial score (nSPS) is 19.0. The lowest BCUT2D eigenvalue weighted by Crippen LogP contribution is -2.21. The molecule has 3 nitrogen and oxygen atoms in total. The van der Waals surface area contributed by atoms with E-state index in [1.807, 2.05) is 6.92 Å². The van der Waals surface area contributed by atoms with Crippen LogP contribution in [0.25, 0.3) is 0 Å². The predicted octanol–water partition coefficient (Wildman–Crippen LogP) is 3.89. The van der Waals surface area contributed by atoms with Gasteiger partial charge in [-0.25, -0.2) is 0 Å². The Morgan fingerprint density at radius 1 is 0.762 bits per heavy atom. The molecule has 0 aliphatic carbocycles. The third kappa shape index (κ3) is 11.1. The molecule has 0 bridgehead atoms. The molecule has 0 heterocycles. The fourth-order valence-electron chi connectivity index (χ4n) is 2.82. The minimum Gasteiger partial charge on any atom is -0.393 e. The van der Waals surface area contributed by atoms with Crippen molar-refractivity contribution in [1.29, 1.82) is 0 Å². The highest BCUT2D eigenvalue weighted by atomic mass is 16.3.